The average Bonchev–Trinajstić information content (AvgIpc) is 2.03. The lowest BCUT2D eigenvalue weighted by molar-refractivity contribution is 1.11. The van der Waals surface area contributed by atoms with Gasteiger partial charge in [0.15, 0.2) is 0 Å². The predicted octanol–water partition coefficient (Wildman–Crippen LogP) is 1.76. The van der Waals surface area contributed by atoms with Crippen LogP contribution in [-0.4, -0.2) is 6.21 Å². The van der Waals surface area contributed by atoms with E-state index in [1.165, 1.54) is 0 Å². The average molecular weight is 155 g/mol. The molecule has 0 aromatic heterocycles. The Balaban J connectivity index is 2.67. The van der Waals surface area contributed by atoms with Crippen LogP contribution in [0, 0.1) is 0 Å². The third-order valence-corrected chi connectivity index (χ3v) is 1.16. The Bertz CT molecular complexity index is 208. The van der Waals surface area contributed by atoms with Gasteiger partial charge in [0.2, 0.25) is 0 Å². The van der Waals surface area contributed by atoms with Gasteiger partial charge in [0.25, 0.3) is 0 Å². The highest BCUT2D eigenvalue weighted by molar-refractivity contribution is 6.13. The second kappa shape index (κ2) is 3.90. The van der Waals surface area contributed by atoms with Crippen molar-refractivity contribution in [3.8, 4) is 0 Å². The van der Waals surface area contributed by atoms with Crippen molar-refractivity contribution in [2.75, 3.05) is 0 Å². The molecule has 3 heteroatoms. The number of halogens is 1. The Morgan fingerprint density at radius 3 is 2.60 bits per heavy atom. The van der Waals surface area contributed by atoms with Gasteiger partial charge in [0, 0.05) is 11.8 Å². The SMILES string of the molecule is ClNN=Cc1ccccc1. The zero-order valence-corrected chi connectivity index (χ0v) is 6.05. The Hall–Kier alpha value is -1.02. The maximum Gasteiger partial charge on any atom is 0.0554 e. The van der Waals surface area contributed by atoms with E-state index in [2.05, 4.69) is 10.0 Å². The van der Waals surface area contributed by atoms with Crippen LogP contribution in [-0.2, 0) is 0 Å². The van der Waals surface area contributed by atoms with E-state index >= 15 is 0 Å². The fourth-order valence-electron chi connectivity index (χ4n) is 0.638. The molecule has 0 aliphatic heterocycles. The number of nitrogens with one attached hydrogen (secondary N) is 1. The molecule has 0 radical (unpaired) electrons. The molecular formula is C7H7ClN2. The van der Waals surface area contributed by atoms with E-state index in [0.29, 0.717) is 0 Å². The highest BCUT2D eigenvalue weighted by Gasteiger charge is 1.80. The van der Waals surface area contributed by atoms with E-state index in [-0.39, 0.29) is 0 Å². The van der Waals surface area contributed by atoms with Crippen molar-refractivity contribution in [2.45, 2.75) is 0 Å². The molecule has 1 rings (SSSR count). The predicted molar refractivity (Wildman–Crippen MR) is 43.0 cm³/mol. The van der Waals surface area contributed by atoms with Gasteiger partial charge in [-0.05, 0) is 5.56 Å². The molecule has 0 unspecified atom stereocenters. The first kappa shape index (κ1) is 7.09. The van der Waals surface area contributed by atoms with Crippen molar-refractivity contribution >= 4 is 18.0 Å². The Labute approximate surface area is 64.6 Å². The smallest absolute Gasteiger partial charge is 0.0554 e. The third kappa shape index (κ3) is 2.07. The standard InChI is InChI=1S/C7H7ClN2/c8-10-9-6-7-4-2-1-3-5-7/h1-6,10H. The molecule has 0 saturated heterocycles. The van der Waals surface area contributed by atoms with Gasteiger partial charge in [-0.3, -0.25) is 0 Å². The van der Waals surface area contributed by atoms with Crippen molar-refractivity contribution in [2.24, 2.45) is 5.10 Å². The zero-order chi connectivity index (χ0) is 7.23. The van der Waals surface area contributed by atoms with Crippen molar-refractivity contribution < 1.29 is 0 Å². The van der Waals surface area contributed by atoms with E-state index in [4.69, 9.17) is 11.8 Å². The van der Waals surface area contributed by atoms with Crippen molar-refractivity contribution in [3.63, 3.8) is 0 Å². The molecule has 0 saturated carbocycles. The van der Waals surface area contributed by atoms with Gasteiger partial charge in [0.05, 0.1) is 6.21 Å². The van der Waals surface area contributed by atoms with E-state index in [9.17, 15) is 0 Å². The van der Waals surface area contributed by atoms with Crippen LogP contribution in [0.15, 0.2) is 35.4 Å². The van der Waals surface area contributed by atoms with Gasteiger partial charge in [0.1, 0.15) is 0 Å². The van der Waals surface area contributed by atoms with E-state index in [1.807, 2.05) is 30.3 Å². The monoisotopic (exact) mass is 154 g/mol. The summed E-state index contributed by atoms with van der Waals surface area (Å²) in [4.78, 5) is 2.16. The van der Waals surface area contributed by atoms with Crippen LogP contribution in [0.4, 0.5) is 0 Å². The van der Waals surface area contributed by atoms with Crippen LogP contribution in [0.1, 0.15) is 5.56 Å². The molecule has 0 aliphatic rings. The molecule has 2 nitrogen and oxygen atoms in total. The second-order valence-electron chi connectivity index (χ2n) is 1.75. The molecule has 52 valence electrons. The highest BCUT2D eigenvalue weighted by Crippen LogP contribution is 1.92. The third-order valence-electron chi connectivity index (χ3n) is 1.06. The minimum atomic E-state index is 1.02. The first-order valence-electron chi connectivity index (χ1n) is 2.87. The zero-order valence-electron chi connectivity index (χ0n) is 5.29. The highest BCUT2D eigenvalue weighted by atomic mass is 35.5. The number of nitrogens with zero attached hydrogens (tertiary/aromatic N) is 1. The minimum Gasteiger partial charge on any atom is -0.219 e. The maximum atomic E-state index is 5.10. The fraction of sp³-hybridized carbons (Fsp3) is 0. The summed E-state index contributed by atoms with van der Waals surface area (Å²) in [7, 11) is 0. The summed E-state index contributed by atoms with van der Waals surface area (Å²) in [5, 5.41) is 3.63. The Morgan fingerprint density at radius 1 is 1.30 bits per heavy atom. The lowest BCUT2D eigenvalue weighted by Gasteiger charge is -1.87. The van der Waals surface area contributed by atoms with Gasteiger partial charge < -0.3 is 0 Å². The van der Waals surface area contributed by atoms with Crippen molar-refractivity contribution in [3.05, 3.63) is 35.9 Å². The van der Waals surface area contributed by atoms with Crippen LogP contribution >= 0.6 is 11.8 Å². The molecule has 0 heterocycles. The first-order chi connectivity index (χ1) is 4.93. The van der Waals surface area contributed by atoms with Gasteiger partial charge >= 0.3 is 0 Å². The summed E-state index contributed by atoms with van der Waals surface area (Å²) in [5.41, 5.74) is 1.02. The lowest BCUT2D eigenvalue weighted by Crippen LogP contribution is -1.86. The maximum absolute atomic E-state index is 5.10. The molecule has 0 aliphatic carbocycles. The summed E-state index contributed by atoms with van der Waals surface area (Å²) in [6.45, 7) is 0. The summed E-state index contributed by atoms with van der Waals surface area (Å²) < 4.78 is 0. The lowest BCUT2D eigenvalue weighted by atomic mass is 10.2. The number of benzene rings is 1. The van der Waals surface area contributed by atoms with Crippen LogP contribution in [0.2, 0.25) is 0 Å². The molecule has 10 heavy (non-hydrogen) atoms. The van der Waals surface area contributed by atoms with Gasteiger partial charge in [-0.1, -0.05) is 30.3 Å². The molecule has 1 aromatic rings. The number of rotatable bonds is 2. The molecule has 1 aromatic carbocycles. The quantitative estimate of drug-likeness (QED) is 0.392. The Morgan fingerprint density at radius 2 is 2.00 bits per heavy atom. The van der Waals surface area contributed by atoms with Gasteiger partial charge in [-0.15, -0.1) is 0 Å². The molecule has 1 N–H and O–H groups in total. The second-order valence-corrected chi connectivity index (χ2v) is 1.92. The molecule has 0 spiro atoms. The van der Waals surface area contributed by atoms with Crippen LogP contribution in [0.3, 0.4) is 0 Å². The molecular weight excluding hydrogens is 148 g/mol. The van der Waals surface area contributed by atoms with Crippen LogP contribution < -0.4 is 4.94 Å². The molecule has 0 amide bonds. The molecule has 0 atom stereocenters. The largest absolute Gasteiger partial charge is 0.219 e. The Kier molecular flexibility index (Phi) is 2.77. The van der Waals surface area contributed by atoms with Crippen LogP contribution in [0.5, 0.6) is 0 Å². The normalized spacial score (nSPS) is 10.1. The van der Waals surface area contributed by atoms with Crippen molar-refractivity contribution in [1.82, 2.24) is 4.94 Å². The van der Waals surface area contributed by atoms with Crippen molar-refractivity contribution in [1.29, 1.82) is 0 Å². The topological polar surface area (TPSA) is 24.4 Å². The van der Waals surface area contributed by atoms with Crippen LogP contribution in [0.25, 0.3) is 0 Å². The first-order valence-corrected chi connectivity index (χ1v) is 3.25. The minimum absolute atomic E-state index is 1.02. The number of hydrogen-bond acceptors (Lipinski definition) is 2. The summed E-state index contributed by atoms with van der Waals surface area (Å²) in [6.07, 6.45) is 1.65. The van der Waals surface area contributed by atoms with E-state index in [1.54, 1.807) is 6.21 Å². The fourth-order valence-corrected chi connectivity index (χ4v) is 0.687. The van der Waals surface area contributed by atoms with E-state index in [0.717, 1.165) is 5.56 Å². The van der Waals surface area contributed by atoms with E-state index < -0.39 is 0 Å². The number of hydrogen-bond donors (Lipinski definition) is 1. The summed E-state index contributed by atoms with van der Waals surface area (Å²) in [6, 6.07) is 9.71. The van der Waals surface area contributed by atoms with Gasteiger partial charge in [-0.2, -0.15) is 5.10 Å². The van der Waals surface area contributed by atoms with Gasteiger partial charge in [-0.25, -0.2) is 4.94 Å². The number of hydrazone groups is 1. The summed E-state index contributed by atoms with van der Waals surface area (Å²) >= 11 is 5.10. The summed E-state index contributed by atoms with van der Waals surface area (Å²) in [5.74, 6) is 0. The molecule has 0 bridgehead atoms. The molecule has 0 fully saturated rings.